The summed E-state index contributed by atoms with van der Waals surface area (Å²) >= 11 is 0. The zero-order valence-electron chi connectivity index (χ0n) is 33.5. The zero-order valence-corrected chi connectivity index (χ0v) is 33.5. The Morgan fingerprint density at radius 1 is 0.467 bits per heavy atom. The lowest BCUT2D eigenvalue weighted by atomic mass is 9.69. The first-order valence-corrected chi connectivity index (χ1v) is 21.1. The SMILES string of the molecule is Cc1ccc2c(c1)C1(C3=C(CCC=CC=C3)c3ccccc31)c1cc(C=Cc3ccc4cc(N5c6ccccc6N(c6ccccc6)c6ccccc65)ccc4c3)ccc1-2. The van der Waals surface area contributed by atoms with Crippen molar-refractivity contribution in [1.82, 2.24) is 0 Å². The highest BCUT2D eigenvalue weighted by Crippen LogP contribution is 2.63. The van der Waals surface area contributed by atoms with Crippen molar-refractivity contribution in [2.75, 3.05) is 9.80 Å². The van der Waals surface area contributed by atoms with Crippen LogP contribution in [0.5, 0.6) is 0 Å². The van der Waals surface area contributed by atoms with E-state index in [-0.39, 0.29) is 5.41 Å². The van der Waals surface area contributed by atoms with Crippen molar-refractivity contribution in [1.29, 1.82) is 0 Å². The molecule has 1 unspecified atom stereocenters. The first-order chi connectivity index (χ1) is 29.7. The molecule has 0 radical (unpaired) electrons. The number of nitrogens with zero attached hydrogens (tertiary/aromatic N) is 2. The summed E-state index contributed by atoms with van der Waals surface area (Å²) in [7, 11) is 0. The average Bonchev–Trinajstić information content (AvgIpc) is 3.71. The molecule has 8 aromatic rings. The van der Waals surface area contributed by atoms with Crippen LogP contribution in [-0.2, 0) is 5.41 Å². The molecule has 0 aromatic heterocycles. The predicted molar refractivity (Wildman–Crippen MR) is 253 cm³/mol. The molecule has 1 heterocycles. The Morgan fingerprint density at radius 2 is 1.07 bits per heavy atom. The molecular formula is C58H42N2. The average molecular weight is 767 g/mol. The zero-order chi connectivity index (χ0) is 39.8. The standard InChI is InChI=1S/C58H42N2/c1-39-25-33-48-49-34-29-41(37-53(49)58(52(48)35-39)50-19-8-3-2-7-17-46(50)47-18-9-10-20-51(47)58)27-26-40-28-30-43-38-45(32-31-42(43)36-40)60-56-23-13-11-21-54(56)59(44-15-5-4-6-16-44)55-22-12-14-24-57(55)60/h2-6,8-16,18-38H,7,17H2,1H3. The quantitative estimate of drug-likeness (QED) is 0.165. The highest BCUT2D eigenvalue weighted by Gasteiger charge is 2.52. The van der Waals surface area contributed by atoms with Crippen LogP contribution in [-0.4, -0.2) is 0 Å². The molecule has 0 saturated heterocycles. The van der Waals surface area contributed by atoms with Gasteiger partial charge in [0.2, 0.25) is 0 Å². The number of para-hydroxylation sites is 5. The van der Waals surface area contributed by atoms with E-state index in [0.717, 1.165) is 47.0 Å². The van der Waals surface area contributed by atoms with Gasteiger partial charge in [0.15, 0.2) is 0 Å². The van der Waals surface area contributed by atoms with Gasteiger partial charge in [-0.15, -0.1) is 0 Å². The molecule has 4 aliphatic rings. The van der Waals surface area contributed by atoms with E-state index >= 15 is 0 Å². The van der Waals surface area contributed by atoms with Crippen LogP contribution in [0.4, 0.5) is 34.1 Å². The second-order valence-electron chi connectivity index (χ2n) is 16.5. The van der Waals surface area contributed by atoms with E-state index in [1.165, 1.54) is 72.0 Å². The van der Waals surface area contributed by atoms with E-state index in [1.807, 2.05) is 0 Å². The third-order valence-electron chi connectivity index (χ3n) is 13.1. The van der Waals surface area contributed by atoms with Gasteiger partial charge in [-0.2, -0.15) is 0 Å². The summed E-state index contributed by atoms with van der Waals surface area (Å²) < 4.78 is 0. The molecular weight excluding hydrogens is 725 g/mol. The van der Waals surface area contributed by atoms with Crippen molar-refractivity contribution in [2.24, 2.45) is 0 Å². The summed E-state index contributed by atoms with van der Waals surface area (Å²) in [6, 6.07) is 65.2. The second kappa shape index (κ2) is 13.6. The van der Waals surface area contributed by atoms with Crippen molar-refractivity contribution in [2.45, 2.75) is 25.2 Å². The number of benzene rings is 8. The maximum Gasteiger partial charge on any atom is 0.0722 e. The number of rotatable bonds is 4. The fraction of sp³-hybridized carbons (Fsp3) is 0.0690. The first-order valence-electron chi connectivity index (χ1n) is 21.1. The van der Waals surface area contributed by atoms with Gasteiger partial charge in [0.25, 0.3) is 0 Å². The van der Waals surface area contributed by atoms with Gasteiger partial charge in [0, 0.05) is 11.4 Å². The lowest BCUT2D eigenvalue weighted by molar-refractivity contribution is 0.783. The van der Waals surface area contributed by atoms with Crippen LogP contribution >= 0.6 is 0 Å². The molecule has 8 aromatic carbocycles. The van der Waals surface area contributed by atoms with E-state index < -0.39 is 0 Å². The minimum absolute atomic E-state index is 0.343. The third-order valence-corrected chi connectivity index (χ3v) is 13.1. The van der Waals surface area contributed by atoms with Crippen LogP contribution < -0.4 is 9.80 Å². The fourth-order valence-electron chi connectivity index (χ4n) is 10.5. The maximum absolute atomic E-state index is 2.47. The van der Waals surface area contributed by atoms with E-state index in [2.05, 4.69) is 229 Å². The Kier molecular flexibility index (Phi) is 7.83. The van der Waals surface area contributed by atoms with Crippen LogP contribution in [0, 0.1) is 6.92 Å². The van der Waals surface area contributed by atoms with E-state index in [1.54, 1.807) is 0 Å². The van der Waals surface area contributed by atoms with Gasteiger partial charge in [-0.05, 0) is 147 Å². The number of allylic oxidation sites excluding steroid dienone is 6. The largest absolute Gasteiger partial charge is 0.306 e. The lowest BCUT2D eigenvalue weighted by Crippen LogP contribution is -2.27. The van der Waals surface area contributed by atoms with Gasteiger partial charge in [0.1, 0.15) is 0 Å². The van der Waals surface area contributed by atoms with Crippen molar-refractivity contribution >= 4 is 62.6 Å². The Bertz CT molecular complexity index is 3130. The summed E-state index contributed by atoms with van der Waals surface area (Å²) in [5.74, 6) is 0. The van der Waals surface area contributed by atoms with E-state index in [4.69, 9.17) is 0 Å². The third kappa shape index (κ3) is 5.14. The topological polar surface area (TPSA) is 6.48 Å². The number of fused-ring (bicyclic) bond motifs is 12. The Morgan fingerprint density at radius 3 is 1.83 bits per heavy atom. The summed E-state index contributed by atoms with van der Waals surface area (Å²) in [5, 5.41) is 2.43. The molecule has 284 valence electrons. The van der Waals surface area contributed by atoms with Crippen LogP contribution in [0.1, 0.15) is 51.8 Å². The van der Waals surface area contributed by atoms with Crippen LogP contribution in [0.15, 0.2) is 206 Å². The number of hydrogen-bond donors (Lipinski definition) is 0. The van der Waals surface area contributed by atoms with Crippen molar-refractivity contribution in [3.63, 3.8) is 0 Å². The molecule has 0 amide bonds. The molecule has 0 saturated carbocycles. The molecule has 3 aliphatic carbocycles. The van der Waals surface area contributed by atoms with Crippen molar-refractivity contribution < 1.29 is 0 Å². The highest BCUT2D eigenvalue weighted by molar-refractivity contribution is 6.03. The van der Waals surface area contributed by atoms with Gasteiger partial charge in [-0.25, -0.2) is 0 Å². The van der Waals surface area contributed by atoms with E-state index in [9.17, 15) is 0 Å². The normalized spacial score (nSPS) is 17.0. The van der Waals surface area contributed by atoms with Gasteiger partial charge in [-0.1, -0.05) is 157 Å². The molecule has 0 fully saturated rings. The first kappa shape index (κ1) is 34.6. The van der Waals surface area contributed by atoms with Gasteiger partial charge < -0.3 is 9.80 Å². The molecule has 2 heteroatoms. The minimum atomic E-state index is -0.343. The summed E-state index contributed by atoms with van der Waals surface area (Å²) in [6.07, 6.45) is 15.8. The maximum atomic E-state index is 2.47. The number of aryl methyl sites for hydroxylation is 1. The molecule has 60 heavy (non-hydrogen) atoms. The van der Waals surface area contributed by atoms with Crippen LogP contribution in [0.3, 0.4) is 0 Å². The summed E-state index contributed by atoms with van der Waals surface area (Å²) in [5.41, 5.74) is 21.5. The van der Waals surface area contributed by atoms with Crippen LogP contribution in [0.2, 0.25) is 0 Å². The minimum Gasteiger partial charge on any atom is -0.306 e. The van der Waals surface area contributed by atoms with Gasteiger partial charge in [-0.3, -0.25) is 0 Å². The van der Waals surface area contributed by atoms with Gasteiger partial charge >= 0.3 is 0 Å². The molecule has 1 atom stereocenters. The predicted octanol–water partition coefficient (Wildman–Crippen LogP) is 15.6. The molecule has 12 rings (SSSR count). The summed E-state index contributed by atoms with van der Waals surface area (Å²) in [6.45, 7) is 2.23. The van der Waals surface area contributed by atoms with Gasteiger partial charge in [0.05, 0.1) is 28.2 Å². The molecule has 1 spiro atoms. The van der Waals surface area contributed by atoms with Crippen molar-refractivity contribution in [3.8, 4) is 11.1 Å². The second-order valence-corrected chi connectivity index (χ2v) is 16.5. The smallest absolute Gasteiger partial charge is 0.0722 e. The molecule has 0 bridgehead atoms. The lowest BCUT2D eigenvalue weighted by Gasteiger charge is -2.40. The van der Waals surface area contributed by atoms with E-state index in [0.29, 0.717) is 0 Å². The monoisotopic (exact) mass is 766 g/mol. The Balaban J connectivity index is 0.917. The Labute approximate surface area is 352 Å². The number of anilines is 6. The number of hydrogen-bond acceptors (Lipinski definition) is 2. The Hall–Kier alpha value is -7.42. The van der Waals surface area contributed by atoms with Crippen LogP contribution in [0.25, 0.3) is 39.6 Å². The molecule has 1 aliphatic heterocycles. The summed E-state index contributed by atoms with van der Waals surface area (Å²) in [4.78, 5) is 4.78. The van der Waals surface area contributed by atoms with Crippen molar-refractivity contribution in [3.05, 3.63) is 245 Å². The fourth-order valence-corrected chi connectivity index (χ4v) is 10.5. The molecule has 0 N–H and O–H groups in total. The highest BCUT2D eigenvalue weighted by atomic mass is 15.3. The molecule has 2 nitrogen and oxygen atoms in total.